The molecule has 28 heavy (non-hydrogen) atoms. The van der Waals surface area contributed by atoms with E-state index in [9.17, 15) is 13.2 Å². The zero-order chi connectivity index (χ0) is 20.3. The molecule has 2 fully saturated rings. The van der Waals surface area contributed by atoms with E-state index in [0.717, 1.165) is 37.6 Å². The van der Waals surface area contributed by atoms with E-state index in [1.54, 1.807) is 12.0 Å². The molecule has 8 heteroatoms. The lowest BCUT2D eigenvalue weighted by atomic mass is 10.1. The lowest BCUT2D eigenvalue weighted by Gasteiger charge is -2.40. The van der Waals surface area contributed by atoms with Gasteiger partial charge in [0.05, 0.1) is 24.7 Å². The number of methoxy groups -OCH3 is 1. The number of amides is 1. The maximum atomic E-state index is 13.1. The van der Waals surface area contributed by atoms with Crippen LogP contribution in [0.4, 0.5) is 5.69 Å². The first-order valence-corrected chi connectivity index (χ1v) is 11.8. The van der Waals surface area contributed by atoms with Crippen LogP contribution in [0.1, 0.15) is 20.3 Å². The molecule has 1 aromatic carbocycles. The van der Waals surface area contributed by atoms with E-state index < -0.39 is 9.84 Å². The van der Waals surface area contributed by atoms with Gasteiger partial charge in [-0.1, -0.05) is 0 Å². The van der Waals surface area contributed by atoms with Crippen LogP contribution in [0, 0.1) is 0 Å². The van der Waals surface area contributed by atoms with Gasteiger partial charge in [-0.15, -0.1) is 0 Å². The van der Waals surface area contributed by atoms with E-state index in [2.05, 4.69) is 21.9 Å². The second-order valence-corrected chi connectivity index (χ2v) is 9.81. The summed E-state index contributed by atoms with van der Waals surface area (Å²) in [6.45, 7) is 7.74. The molecule has 2 aliphatic heterocycles. The SMILES string of the molecule is CCN(C(=O)[C@H](C)N1CCN(c2ccc(OC)cc2)CC1)[C@H]1CCS(=O)(=O)C1. The maximum Gasteiger partial charge on any atom is 0.239 e. The van der Waals surface area contributed by atoms with Gasteiger partial charge in [-0.25, -0.2) is 8.42 Å². The molecule has 1 amide bonds. The van der Waals surface area contributed by atoms with Crippen LogP contribution in [-0.2, 0) is 14.6 Å². The average Bonchev–Trinajstić information content (AvgIpc) is 3.07. The number of hydrogen-bond donors (Lipinski definition) is 0. The van der Waals surface area contributed by atoms with Crippen LogP contribution in [0.5, 0.6) is 5.75 Å². The summed E-state index contributed by atoms with van der Waals surface area (Å²) in [5.74, 6) is 1.18. The smallest absolute Gasteiger partial charge is 0.239 e. The minimum atomic E-state index is -3.00. The zero-order valence-corrected chi connectivity index (χ0v) is 17.8. The highest BCUT2D eigenvalue weighted by Crippen LogP contribution is 2.23. The van der Waals surface area contributed by atoms with Crippen molar-refractivity contribution in [1.82, 2.24) is 9.80 Å². The average molecular weight is 410 g/mol. The van der Waals surface area contributed by atoms with Crippen LogP contribution in [0.3, 0.4) is 0 Å². The molecule has 2 aliphatic rings. The fraction of sp³-hybridized carbons (Fsp3) is 0.650. The standard InChI is InChI=1S/C20H31N3O4S/c1-4-23(18-9-14-28(25,26)15-18)20(24)16(2)21-10-12-22(13-11-21)17-5-7-19(27-3)8-6-17/h5-8,16,18H,4,9-15H2,1-3H3/t16-,18-/m0/s1. The Labute approximate surface area is 168 Å². The molecule has 0 bridgehead atoms. The van der Waals surface area contributed by atoms with Crippen molar-refractivity contribution in [1.29, 1.82) is 0 Å². The minimum Gasteiger partial charge on any atom is -0.497 e. The number of sulfone groups is 1. The van der Waals surface area contributed by atoms with Crippen LogP contribution in [0.25, 0.3) is 0 Å². The van der Waals surface area contributed by atoms with E-state index in [1.165, 1.54) is 0 Å². The molecular formula is C20H31N3O4S. The van der Waals surface area contributed by atoms with Crippen LogP contribution < -0.4 is 9.64 Å². The molecule has 1 aromatic rings. The first-order chi connectivity index (χ1) is 13.3. The van der Waals surface area contributed by atoms with Gasteiger partial charge >= 0.3 is 0 Å². The van der Waals surface area contributed by atoms with Gasteiger partial charge in [0.1, 0.15) is 5.75 Å². The Morgan fingerprint density at radius 3 is 2.36 bits per heavy atom. The summed E-state index contributed by atoms with van der Waals surface area (Å²) in [5, 5.41) is 0. The second-order valence-electron chi connectivity index (χ2n) is 7.58. The lowest BCUT2D eigenvalue weighted by Crippen LogP contribution is -2.56. The van der Waals surface area contributed by atoms with E-state index in [0.29, 0.717) is 13.0 Å². The predicted molar refractivity (Wildman–Crippen MR) is 111 cm³/mol. The van der Waals surface area contributed by atoms with Crippen LogP contribution in [-0.4, -0.2) is 87.5 Å². The van der Waals surface area contributed by atoms with Crippen LogP contribution >= 0.6 is 0 Å². The van der Waals surface area contributed by atoms with Gasteiger partial charge in [0.25, 0.3) is 0 Å². The van der Waals surface area contributed by atoms with Crippen molar-refractivity contribution in [3.05, 3.63) is 24.3 Å². The third-order valence-electron chi connectivity index (χ3n) is 5.93. The van der Waals surface area contributed by atoms with Crippen molar-refractivity contribution in [2.24, 2.45) is 0 Å². The van der Waals surface area contributed by atoms with E-state index in [1.807, 2.05) is 26.0 Å². The molecule has 0 radical (unpaired) electrons. The van der Waals surface area contributed by atoms with Crippen molar-refractivity contribution in [3.8, 4) is 5.75 Å². The minimum absolute atomic E-state index is 0.0440. The number of rotatable bonds is 6. The Hall–Kier alpha value is -1.80. The number of benzene rings is 1. The predicted octanol–water partition coefficient (Wildman–Crippen LogP) is 1.24. The lowest BCUT2D eigenvalue weighted by molar-refractivity contribution is -0.138. The third kappa shape index (κ3) is 4.60. The number of piperazine rings is 1. The summed E-state index contributed by atoms with van der Waals surface area (Å²) < 4.78 is 28.8. The molecule has 2 atom stereocenters. The van der Waals surface area contributed by atoms with Crippen molar-refractivity contribution < 1.29 is 17.9 Å². The summed E-state index contributed by atoms with van der Waals surface area (Å²) in [5.41, 5.74) is 1.16. The first kappa shape index (κ1) is 20.9. The molecular weight excluding hydrogens is 378 g/mol. The number of ether oxygens (including phenoxy) is 1. The summed E-state index contributed by atoms with van der Waals surface area (Å²) in [6.07, 6.45) is 0.555. The molecule has 0 N–H and O–H groups in total. The molecule has 0 saturated carbocycles. The number of carbonyl (C=O) groups excluding carboxylic acids is 1. The van der Waals surface area contributed by atoms with Gasteiger partial charge in [0.2, 0.25) is 5.91 Å². The van der Waals surface area contributed by atoms with Crippen LogP contribution in [0.15, 0.2) is 24.3 Å². The quantitative estimate of drug-likeness (QED) is 0.704. The van der Waals surface area contributed by atoms with Crippen molar-refractivity contribution in [2.45, 2.75) is 32.4 Å². The Kier molecular flexibility index (Phi) is 6.50. The maximum absolute atomic E-state index is 13.1. The van der Waals surface area contributed by atoms with Gasteiger partial charge in [0.15, 0.2) is 9.84 Å². The summed E-state index contributed by atoms with van der Waals surface area (Å²) >= 11 is 0. The molecule has 3 rings (SSSR count). The summed E-state index contributed by atoms with van der Waals surface area (Å²) in [7, 11) is -1.34. The number of hydrogen-bond acceptors (Lipinski definition) is 6. The van der Waals surface area contributed by atoms with Crippen molar-refractivity contribution in [2.75, 3.05) is 56.2 Å². The van der Waals surface area contributed by atoms with E-state index in [4.69, 9.17) is 4.74 Å². The Morgan fingerprint density at radius 1 is 1.21 bits per heavy atom. The summed E-state index contributed by atoms with van der Waals surface area (Å²) in [6, 6.07) is 7.63. The Balaban J connectivity index is 1.57. The highest BCUT2D eigenvalue weighted by molar-refractivity contribution is 7.91. The van der Waals surface area contributed by atoms with Crippen molar-refractivity contribution >= 4 is 21.4 Å². The van der Waals surface area contributed by atoms with Crippen LogP contribution in [0.2, 0.25) is 0 Å². The monoisotopic (exact) mass is 409 g/mol. The Morgan fingerprint density at radius 2 is 1.86 bits per heavy atom. The number of nitrogens with zero attached hydrogens (tertiary/aromatic N) is 3. The number of carbonyl (C=O) groups is 1. The highest BCUT2D eigenvalue weighted by Gasteiger charge is 2.37. The first-order valence-electron chi connectivity index (χ1n) is 9.98. The molecule has 156 valence electrons. The van der Waals surface area contributed by atoms with Gasteiger partial charge in [0, 0.05) is 44.5 Å². The second kappa shape index (κ2) is 8.69. The molecule has 0 aliphatic carbocycles. The molecule has 2 heterocycles. The van der Waals surface area contributed by atoms with Gasteiger partial charge in [-0.05, 0) is 44.5 Å². The number of likely N-dealkylation sites (N-methyl/N-ethyl adjacent to an activating group) is 1. The molecule has 0 spiro atoms. The summed E-state index contributed by atoms with van der Waals surface area (Å²) in [4.78, 5) is 19.3. The zero-order valence-electron chi connectivity index (χ0n) is 17.0. The van der Waals surface area contributed by atoms with Gasteiger partial charge in [-0.2, -0.15) is 0 Å². The topological polar surface area (TPSA) is 70.2 Å². The third-order valence-corrected chi connectivity index (χ3v) is 7.68. The normalized spacial score (nSPS) is 23.4. The number of anilines is 1. The van der Waals surface area contributed by atoms with Gasteiger partial charge < -0.3 is 14.5 Å². The molecule has 2 saturated heterocycles. The van der Waals surface area contributed by atoms with E-state index >= 15 is 0 Å². The molecule has 0 aromatic heterocycles. The van der Waals surface area contributed by atoms with Gasteiger partial charge in [-0.3, -0.25) is 9.69 Å². The van der Waals surface area contributed by atoms with E-state index in [-0.39, 0.29) is 29.5 Å². The molecule has 7 nitrogen and oxygen atoms in total. The largest absolute Gasteiger partial charge is 0.497 e. The fourth-order valence-corrected chi connectivity index (χ4v) is 5.90. The van der Waals surface area contributed by atoms with Crippen molar-refractivity contribution in [3.63, 3.8) is 0 Å². The molecule has 0 unspecified atom stereocenters. The Bertz CT molecular complexity index is 773. The fourth-order valence-electron chi connectivity index (χ4n) is 4.17. The highest BCUT2D eigenvalue weighted by atomic mass is 32.2.